The molecule has 1 amide bonds. The van der Waals surface area contributed by atoms with Gasteiger partial charge in [0.15, 0.2) is 11.4 Å². The van der Waals surface area contributed by atoms with Crippen LogP contribution < -0.4 is 16.4 Å². The molecule has 8 N–H and O–H groups in total. The predicted octanol–water partition coefficient (Wildman–Crippen LogP) is -0.388. The number of likely N-dealkylation sites (N-methyl/N-ethyl adjacent to an activating group) is 1. The molecule has 3 aliphatic carbocycles. The predicted molar refractivity (Wildman–Crippen MR) is 123 cm³/mol. The van der Waals surface area contributed by atoms with Gasteiger partial charge in [0.2, 0.25) is 5.78 Å². The molecule has 1 aromatic carbocycles. The van der Waals surface area contributed by atoms with Crippen LogP contribution in [0.15, 0.2) is 23.0 Å². The Hall–Kier alpha value is -3.57. The highest BCUT2D eigenvalue weighted by molar-refractivity contribution is 6.24. The van der Waals surface area contributed by atoms with Gasteiger partial charge in [-0.05, 0) is 44.5 Å². The molecule has 1 aromatic rings. The molecule has 0 spiro atoms. The SMILES string of the molecule is CN(C)c1cc(N)c(O)c2c1C[C@@H]1C[C@H]3[C@@H](N(C)C)C(=O)C(C(N)=O)=C(O)[C@]3(O)C(=O)C1=C2O. The van der Waals surface area contributed by atoms with Crippen molar-refractivity contribution in [1.82, 2.24) is 4.90 Å². The van der Waals surface area contributed by atoms with Crippen LogP contribution in [-0.4, -0.2) is 82.6 Å². The summed E-state index contributed by atoms with van der Waals surface area (Å²) in [6, 6.07) is 0.444. The van der Waals surface area contributed by atoms with Crippen LogP contribution in [0.4, 0.5) is 11.4 Å². The van der Waals surface area contributed by atoms with Crippen LogP contribution in [0.25, 0.3) is 5.76 Å². The van der Waals surface area contributed by atoms with E-state index in [1.807, 2.05) is 0 Å². The highest BCUT2D eigenvalue weighted by Gasteiger charge is 2.64. The number of nitrogens with two attached hydrogens (primary N) is 2. The third-order valence-electron chi connectivity index (χ3n) is 7.21. The standard InChI is InChI=1S/C23H28N4O7/c1-26(2)12-7-11(24)17(28)14-9(12)5-8-6-10-16(27(3)4)19(30)15(22(25)33)21(32)23(10,34)20(31)13(8)18(14)29/h7-8,10,16,28-29,32,34H,5-6,24H2,1-4H3,(H2,25,33)/t8-,10+,16-,23-/m1/s1. The Morgan fingerprint density at radius 3 is 2.29 bits per heavy atom. The summed E-state index contributed by atoms with van der Waals surface area (Å²) in [4.78, 5) is 42.0. The Labute approximate surface area is 195 Å². The number of hydrogen-bond acceptors (Lipinski definition) is 10. The number of fused-ring (bicyclic) bond motifs is 3. The summed E-state index contributed by atoms with van der Waals surface area (Å²) in [6.45, 7) is 0. The van der Waals surface area contributed by atoms with Crippen LogP contribution in [-0.2, 0) is 20.8 Å². The largest absolute Gasteiger partial charge is 0.508 e. The van der Waals surface area contributed by atoms with E-state index >= 15 is 0 Å². The normalized spacial score (nSPS) is 28.6. The van der Waals surface area contributed by atoms with Crippen molar-refractivity contribution in [2.24, 2.45) is 17.6 Å². The highest BCUT2D eigenvalue weighted by Crippen LogP contribution is 2.54. The lowest BCUT2D eigenvalue weighted by atomic mass is 9.57. The molecule has 0 heterocycles. The molecule has 0 aromatic heterocycles. The summed E-state index contributed by atoms with van der Waals surface area (Å²) in [6.07, 6.45) is 0.236. The van der Waals surface area contributed by atoms with E-state index in [-0.39, 0.29) is 29.7 Å². The van der Waals surface area contributed by atoms with Crippen molar-refractivity contribution >= 4 is 34.6 Å². The number of nitrogen functional groups attached to an aromatic ring is 1. The van der Waals surface area contributed by atoms with Gasteiger partial charge in [-0.1, -0.05) is 0 Å². The van der Waals surface area contributed by atoms with E-state index in [4.69, 9.17) is 11.5 Å². The molecule has 1 fully saturated rings. The van der Waals surface area contributed by atoms with Gasteiger partial charge >= 0.3 is 0 Å². The summed E-state index contributed by atoms with van der Waals surface area (Å²) >= 11 is 0. The summed E-state index contributed by atoms with van der Waals surface area (Å²) in [5.74, 6) is -6.95. The number of phenolic OH excluding ortho intramolecular Hbond substituents is 1. The Bertz CT molecular complexity index is 1220. The number of Topliss-reactive ketones (excluding diaryl/α,β-unsaturated/α-hetero) is 2. The number of carbonyl (C=O) groups is 3. The number of nitrogens with zero attached hydrogens (tertiary/aromatic N) is 2. The molecule has 11 nitrogen and oxygen atoms in total. The number of aliphatic hydroxyl groups excluding tert-OH is 2. The third-order valence-corrected chi connectivity index (χ3v) is 7.21. The maximum absolute atomic E-state index is 13.7. The second-order valence-electron chi connectivity index (χ2n) is 9.54. The van der Waals surface area contributed by atoms with E-state index in [0.717, 1.165) is 0 Å². The quantitative estimate of drug-likeness (QED) is 0.192. The second kappa shape index (κ2) is 7.47. The number of aromatic hydroxyl groups is 1. The van der Waals surface area contributed by atoms with Crippen molar-refractivity contribution in [1.29, 1.82) is 0 Å². The van der Waals surface area contributed by atoms with Crippen LogP contribution in [0.5, 0.6) is 5.75 Å². The minimum atomic E-state index is -2.66. The van der Waals surface area contributed by atoms with E-state index in [1.54, 1.807) is 39.2 Å². The number of phenols is 1. The van der Waals surface area contributed by atoms with Crippen LogP contribution in [0.1, 0.15) is 17.5 Å². The van der Waals surface area contributed by atoms with Crippen molar-refractivity contribution < 1.29 is 34.8 Å². The highest BCUT2D eigenvalue weighted by atomic mass is 16.3. The number of anilines is 2. The van der Waals surface area contributed by atoms with Crippen LogP contribution >= 0.6 is 0 Å². The lowest BCUT2D eigenvalue weighted by Gasteiger charge is -2.50. The molecule has 0 bridgehead atoms. The molecular formula is C23H28N4O7. The van der Waals surface area contributed by atoms with E-state index in [1.165, 1.54) is 4.90 Å². The van der Waals surface area contributed by atoms with Crippen molar-refractivity contribution in [3.63, 3.8) is 0 Å². The smallest absolute Gasteiger partial charge is 0.255 e. The van der Waals surface area contributed by atoms with E-state index in [2.05, 4.69) is 0 Å². The Morgan fingerprint density at radius 1 is 1.15 bits per heavy atom. The fraction of sp³-hybridized carbons (Fsp3) is 0.435. The van der Waals surface area contributed by atoms with Gasteiger partial charge in [-0.15, -0.1) is 0 Å². The van der Waals surface area contributed by atoms with Gasteiger partial charge in [-0.3, -0.25) is 19.3 Å². The van der Waals surface area contributed by atoms with Gasteiger partial charge in [0.25, 0.3) is 5.91 Å². The zero-order chi connectivity index (χ0) is 25.4. The molecule has 0 saturated heterocycles. The number of ketones is 2. The monoisotopic (exact) mass is 472 g/mol. The fourth-order valence-electron chi connectivity index (χ4n) is 5.71. The zero-order valence-electron chi connectivity index (χ0n) is 19.3. The lowest BCUT2D eigenvalue weighted by molar-refractivity contribution is -0.153. The molecule has 1 saturated carbocycles. The Morgan fingerprint density at radius 2 is 1.76 bits per heavy atom. The summed E-state index contributed by atoms with van der Waals surface area (Å²) < 4.78 is 0. The molecule has 3 aliphatic rings. The van der Waals surface area contributed by atoms with E-state index in [0.29, 0.717) is 11.3 Å². The van der Waals surface area contributed by atoms with Gasteiger partial charge in [-0.2, -0.15) is 0 Å². The number of aliphatic hydroxyl groups is 3. The Kier molecular flexibility index (Phi) is 5.18. The van der Waals surface area contributed by atoms with Gasteiger partial charge in [0.1, 0.15) is 22.8 Å². The molecule has 0 aliphatic heterocycles. The number of carbonyl (C=O) groups excluding carboxylic acids is 3. The van der Waals surface area contributed by atoms with Gasteiger partial charge in [0.05, 0.1) is 17.3 Å². The summed E-state index contributed by atoms with van der Waals surface area (Å²) in [5, 5.41) is 44.2. The maximum atomic E-state index is 13.7. The lowest BCUT2D eigenvalue weighted by Crippen LogP contribution is -2.65. The number of hydrogen-bond donors (Lipinski definition) is 6. The number of primary amides is 1. The van der Waals surface area contributed by atoms with Gasteiger partial charge < -0.3 is 36.8 Å². The molecule has 34 heavy (non-hydrogen) atoms. The van der Waals surface area contributed by atoms with Crippen LogP contribution in [0.2, 0.25) is 0 Å². The van der Waals surface area contributed by atoms with Gasteiger partial charge in [0, 0.05) is 31.3 Å². The average molecular weight is 472 g/mol. The maximum Gasteiger partial charge on any atom is 0.255 e. The third kappa shape index (κ3) is 2.86. The molecule has 0 radical (unpaired) electrons. The first-order valence-corrected chi connectivity index (χ1v) is 10.7. The Balaban J connectivity index is 2.01. The zero-order valence-corrected chi connectivity index (χ0v) is 19.3. The molecule has 4 rings (SSSR count). The second-order valence-corrected chi connectivity index (χ2v) is 9.54. The van der Waals surface area contributed by atoms with Crippen LogP contribution in [0.3, 0.4) is 0 Å². The van der Waals surface area contributed by atoms with Crippen LogP contribution in [0, 0.1) is 11.8 Å². The topological polar surface area (TPSA) is 191 Å². The van der Waals surface area contributed by atoms with Crippen molar-refractivity contribution in [2.75, 3.05) is 38.8 Å². The van der Waals surface area contributed by atoms with Crippen molar-refractivity contribution in [2.45, 2.75) is 24.5 Å². The van der Waals surface area contributed by atoms with Crippen molar-refractivity contribution in [3.8, 4) is 5.75 Å². The van der Waals surface area contributed by atoms with E-state index < -0.39 is 63.8 Å². The molecule has 4 atom stereocenters. The first-order valence-electron chi connectivity index (χ1n) is 10.7. The number of rotatable bonds is 3. The summed E-state index contributed by atoms with van der Waals surface area (Å²) in [5.41, 5.74) is 8.68. The van der Waals surface area contributed by atoms with E-state index in [9.17, 15) is 34.8 Å². The molecule has 11 heteroatoms. The fourth-order valence-corrected chi connectivity index (χ4v) is 5.71. The minimum absolute atomic E-state index is 0.0115. The number of amides is 1. The first-order chi connectivity index (χ1) is 15.7. The molecule has 0 unspecified atom stereocenters. The average Bonchev–Trinajstić information content (AvgIpc) is 2.72. The van der Waals surface area contributed by atoms with Gasteiger partial charge in [-0.25, -0.2) is 0 Å². The van der Waals surface area contributed by atoms with Crippen molar-refractivity contribution in [3.05, 3.63) is 34.1 Å². The minimum Gasteiger partial charge on any atom is -0.508 e. The first kappa shape index (κ1) is 23.6. The number of benzene rings is 1. The molecule has 182 valence electrons. The molecular weight excluding hydrogens is 444 g/mol. The summed E-state index contributed by atoms with van der Waals surface area (Å²) in [7, 11) is 6.64.